The summed E-state index contributed by atoms with van der Waals surface area (Å²) in [5.74, 6) is 1.46. The topological polar surface area (TPSA) is 101 Å². The first-order chi connectivity index (χ1) is 14.9. The van der Waals surface area contributed by atoms with Gasteiger partial charge < -0.3 is 30.4 Å². The van der Waals surface area contributed by atoms with Crippen molar-refractivity contribution in [2.45, 2.75) is 38.0 Å². The highest BCUT2D eigenvalue weighted by Crippen LogP contribution is 2.36. The lowest BCUT2D eigenvalue weighted by atomic mass is 9.94. The number of nitrogens with two attached hydrogens (primary N) is 1. The average molecular weight is 421 g/mol. The van der Waals surface area contributed by atoms with Gasteiger partial charge in [-0.15, -0.1) is 0 Å². The number of aromatic amines is 1. The van der Waals surface area contributed by atoms with E-state index in [0.717, 1.165) is 27.4 Å². The van der Waals surface area contributed by atoms with Crippen LogP contribution in [-0.2, 0) is 6.42 Å². The van der Waals surface area contributed by atoms with Crippen molar-refractivity contribution in [2.24, 2.45) is 5.73 Å². The Labute approximate surface area is 181 Å². The summed E-state index contributed by atoms with van der Waals surface area (Å²) in [5.41, 5.74) is 7.38. The van der Waals surface area contributed by atoms with E-state index in [0.29, 0.717) is 17.9 Å². The molecule has 0 aliphatic carbocycles. The Balaban J connectivity index is 1.59. The summed E-state index contributed by atoms with van der Waals surface area (Å²) in [5, 5.41) is 23.2. The molecule has 0 bridgehead atoms. The number of aromatic hydroxyl groups is 1. The maximum absolute atomic E-state index is 11.1. The molecule has 0 radical (unpaired) electrons. The lowest BCUT2D eigenvalue weighted by Gasteiger charge is -2.29. The number of benzene rings is 3. The van der Waals surface area contributed by atoms with Crippen molar-refractivity contribution in [3.8, 4) is 17.2 Å². The molecule has 31 heavy (non-hydrogen) atoms. The zero-order valence-electron chi connectivity index (χ0n) is 17.8. The maximum atomic E-state index is 11.1. The molecule has 1 aromatic heterocycles. The van der Waals surface area contributed by atoms with Crippen LogP contribution in [0.15, 0.2) is 60.7 Å². The summed E-state index contributed by atoms with van der Waals surface area (Å²) < 4.78 is 11.5. The van der Waals surface area contributed by atoms with E-state index in [2.05, 4.69) is 4.98 Å². The number of aliphatic hydroxyl groups is 1. The van der Waals surface area contributed by atoms with Gasteiger partial charge in [-0.3, -0.25) is 0 Å². The highest BCUT2D eigenvalue weighted by molar-refractivity contribution is 6.11. The van der Waals surface area contributed by atoms with Crippen molar-refractivity contribution in [3.05, 3.63) is 66.2 Å². The SMILES string of the molecule is CCC(CC(N)(O)Cc1ccc(O)c2c1[nH]c1ccccc12)Oc1ccccc1OC. The maximum Gasteiger partial charge on any atom is 0.161 e. The highest BCUT2D eigenvalue weighted by Gasteiger charge is 2.29. The van der Waals surface area contributed by atoms with Crippen LogP contribution < -0.4 is 15.2 Å². The summed E-state index contributed by atoms with van der Waals surface area (Å²) >= 11 is 0. The van der Waals surface area contributed by atoms with E-state index in [4.69, 9.17) is 15.2 Å². The number of phenols is 1. The van der Waals surface area contributed by atoms with Gasteiger partial charge in [0.05, 0.1) is 12.6 Å². The van der Waals surface area contributed by atoms with Crippen LogP contribution in [0.4, 0.5) is 0 Å². The number of para-hydroxylation sites is 3. The zero-order valence-corrected chi connectivity index (χ0v) is 17.8. The number of aromatic nitrogens is 1. The Hall–Kier alpha value is -3.22. The molecule has 0 saturated heterocycles. The van der Waals surface area contributed by atoms with Crippen LogP contribution in [0, 0.1) is 0 Å². The molecule has 6 heteroatoms. The van der Waals surface area contributed by atoms with Crippen LogP contribution in [0.2, 0.25) is 0 Å². The predicted molar refractivity (Wildman–Crippen MR) is 123 cm³/mol. The molecule has 5 N–H and O–H groups in total. The summed E-state index contributed by atoms with van der Waals surface area (Å²) in [7, 11) is 1.60. The lowest BCUT2D eigenvalue weighted by Crippen LogP contribution is -2.46. The Morgan fingerprint density at radius 1 is 1.03 bits per heavy atom. The van der Waals surface area contributed by atoms with Crippen molar-refractivity contribution in [3.63, 3.8) is 0 Å². The van der Waals surface area contributed by atoms with Crippen LogP contribution in [0.1, 0.15) is 25.3 Å². The number of hydrogen-bond donors (Lipinski definition) is 4. The van der Waals surface area contributed by atoms with Gasteiger partial charge in [0.25, 0.3) is 0 Å². The molecule has 0 fully saturated rings. The Morgan fingerprint density at radius 2 is 1.74 bits per heavy atom. The number of ether oxygens (including phenoxy) is 2. The van der Waals surface area contributed by atoms with Crippen LogP contribution in [-0.4, -0.2) is 34.1 Å². The number of phenolic OH excluding ortho intramolecular Hbond substituents is 1. The number of H-pyrrole nitrogens is 1. The summed E-state index contributed by atoms with van der Waals surface area (Å²) in [6.07, 6.45) is 0.836. The third-order valence-corrected chi connectivity index (χ3v) is 5.62. The van der Waals surface area contributed by atoms with Crippen molar-refractivity contribution in [2.75, 3.05) is 7.11 Å². The molecule has 4 rings (SSSR count). The fraction of sp³-hybridized carbons (Fsp3) is 0.280. The van der Waals surface area contributed by atoms with Gasteiger partial charge in [-0.1, -0.05) is 43.3 Å². The normalized spacial score (nSPS) is 14.5. The standard InChI is InChI=1S/C25H28N2O4/c1-3-17(31-22-11-7-6-10-21(22)30-2)15-25(26,29)14-16-12-13-20(28)23-18-8-4-5-9-19(18)27-24(16)23/h4-13,17,27-29H,3,14-15,26H2,1-2H3. The van der Waals surface area contributed by atoms with E-state index in [1.807, 2.05) is 55.5 Å². The largest absolute Gasteiger partial charge is 0.507 e. The first kappa shape index (κ1) is 21.0. The fourth-order valence-electron chi connectivity index (χ4n) is 4.10. The Bertz CT molecular complexity index is 1200. The van der Waals surface area contributed by atoms with Crippen LogP contribution in [0.5, 0.6) is 17.2 Å². The molecule has 2 atom stereocenters. The summed E-state index contributed by atoms with van der Waals surface area (Å²) in [4.78, 5) is 3.36. The van der Waals surface area contributed by atoms with Gasteiger partial charge in [0.2, 0.25) is 0 Å². The molecular formula is C25H28N2O4. The van der Waals surface area contributed by atoms with E-state index in [-0.39, 0.29) is 24.7 Å². The number of hydrogen-bond acceptors (Lipinski definition) is 5. The second-order valence-electron chi connectivity index (χ2n) is 7.95. The molecule has 0 amide bonds. The van der Waals surface area contributed by atoms with Gasteiger partial charge >= 0.3 is 0 Å². The van der Waals surface area contributed by atoms with E-state index in [1.165, 1.54) is 0 Å². The number of nitrogens with one attached hydrogen (secondary N) is 1. The molecule has 3 aromatic carbocycles. The first-order valence-corrected chi connectivity index (χ1v) is 10.4. The third-order valence-electron chi connectivity index (χ3n) is 5.62. The monoisotopic (exact) mass is 420 g/mol. The molecule has 0 aliphatic heterocycles. The molecule has 0 aliphatic rings. The van der Waals surface area contributed by atoms with Gasteiger partial charge in [-0.25, -0.2) is 0 Å². The Kier molecular flexibility index (Phi) is 5.76. The molecule has 6 nitrogen and oxygen atoms in total. The van der Waals surface area contributed by atoms with Crippen LogP contribution in [0.3, 0.4) is 0 Å². The molecule has 162 valence electrons. The number of rotatable bonds is 8. The van der Waals surface area contributed by atoms with Crippen molar-refractivity contribution < 1.29 is 19.7 Å². The van der Waals surface area contributed by atoms with Gasteiger partial charge in [0, 0.05) is 29.1 Å². The third kappa shape index (κ3) is 4.31. The predicted octanol–water partition coefficient (Wildman–Crippen LogP) is 4.47. The molecule has 0 spiro atoms. The second-order valence-corrected chi connectivity index (χ2v) is 7.95. The number of fused-ring (bicyclic) bond motifs is 3. The van der Waals surface area contributed by atoms with Crippen molar-refractivity contribution >= 4 is 21.8 Å². The molecule has 1 heterocycles. The van der Waals surface area contributed by atoms with E-state index in [9.17, 15) is 10.2 Å². The first-order valence-electron chi connectivity index (χ1n) is 10.4. The van der Waals surface area contributed by atoms with Gasteiger partial charge in [-0.2, -0.15) is 0 Å². The molecular weight excluding hydrogens is 392 g/mol. The quantitative estimate of drug-likeness (QED) is 0.315. The van der Waals surface area contributed by atoms with Gasteiger partial charge in [0.15, 0.2) is 11.5 Å². The van der Waals surface area contributed by atoms with Gasteiger partial charge in [-0.05, 0) is 36.2 Å². The number of methoxy groups -OCH3 is 1. The van der Waals surface area contributed by atoms with Crippen LogP contribution >= 0.6 is 0 Å². The van der Waals surface area contributed by atoms with E-state index in [1.54, 1.807) is 19.2 Å². The fourth-order valence-corrected chi connectivity index (χ4v) is 4.10. The Morgan fingerprint density at radius 3 is 2.48 bits per heavy atom. The van der Waals surface area contributed by atoms with E-state index >= 15 is 0 Å². The lowest BCUT2D eigenvalue weighted by molar-refractivity contribution is 0.000154. The smallest absolute Gasteiger partial charge is 0.161 e. The average Bonchev–Trinajstić information content (AvgIpc) is 3.16. The van der Waals surface area contributed by atoms with Gasteiger partial charge in [0.1, 0.15) is 17.6 Å². The van der Waals surface area contributed by atoms with Crippen LogP contribution in [0.25, 0.3) is 21.8 Å². The molecule has 4 aromatic rings. The van der Waals surface area contributed by atoms with Crippen molar-refractivity contribution in [1.29, 1.82) is 0 Å². The minimum Gasteiger partial charge on any atom is -0.507 e. The zero-order chi connectivity index (χ0) is 22.0. The molecule has 0 saturated carbocycles. The molecule has 2 unspecified atom stereocenters. The highest BCUT2D eigenvalue weighted by atomic mass is 16.5. The minimum atomic E-state index is -1.50. The minimum absolute atomic E-state index is 0.197. The van der Waals surface area contributed by atoms with Crippen molar-refractivity contribution in [1.82, 2.24) is 4.98 Å². The second kappa shape index (κ2) is 8.49. The summed E-state index contributed by atoms with van der Waals surface area (Å²) in [6, 6.07) is 18.7. The van der Waals surface area contributed by atoms with E-state index < -0.39 is 5.72 Å². The summed E-state index contributed by atoms with van der Waals surface area (Å²) in [6.45, 7) is 1.99.